The Kier molecular flexibility index (Phi) is 4.96. The highest BCUT2D eigenvalue weighted by atomic mass is 19.2. The lowest BCUT2D eigenvalue weighted by atomic mass is 10.3. The van der Waals surface area contributed by atoms with Crippen LogP contribution >= 0.6 is 0 Å². The first kappa shape index (κ1) is 7.88. The summed E-state index contributed by atoms with van der Waals surface area (Å²) in [6.07, 6.45) is 1.61. The molecule has 0 atom stereocenters. The van der Waals surface area contributed by atoms with Gasteiger partial charge in [0.15, 0.2) is 0 Å². The number of hydrogen-bond donors (Lipinski definition) is 0. The first-order valence-electron chi connectivity index (χ1n) is 2.67. The first-order valence-corrected chi connectivity index (χ1v) is 2.67. The van der Waals surface area contributed by atoms with Crippen LogP contribution in [0.1, 0.15) is 19.8 Å². The van der Waals surface area contributed by atoms with Gasteiger partial charge in [0.2, 0.25) is 0 Å². The summed E-state index contributed by atoms with van der Waals surface area (Å²) in [6, 6.07) is 0. The van der Waals surface area contributed by atoms with Crippen LogP contribution in [0.15, 0.2) is 0 Å². The molecule has 0 radical (unpaired) electrons. The highest BCUT2D eigenvalue weighted by Crippen LogP contribution is 1.92. The van der Waals surface area contributed by atoms with Crippen LogP contribution in [0.3, 0.4) is 0 Å². The second-order valence-electron chi connectivity index (χ2n) is 1.48. The first-order chi connectivity index (χ1) is 3.77. The highest BCUT2D eigenvalue weighted by Gasteiger charge is 2.12. The van der Waals surface area contributed by atoms with Gasteiger partial charge in [-0.1, -0.05) is 13.3 Å². The average molecular weight is 122 g/mol. The van der Waals surface area contributed by atoms with Gasteiger partial charge in [-0.3, -0.25) is 8.63 Å². The Labute approximate surface area is 48.2 Å². The van der Waals surface area contributed by atoms with E-state index in [2.05, 4.69) is 4.65 Å². The maximum absolute atomic E-state index is 11.1. The molecule has 0 aliphatic rings. The van der Waals surface area contributed by atoms with Crippen LogP contribution in [0, 0.1) is 0 Å². The standard InChI is InChI=1S/C4H9BF2O/c1-2-3-4-8-5(6)7/h2-4H2,1H3. The molecule has 0 rings (SSSR count). The Morgan fingerprint density at radius 3 is 2.50 bits per heavy atom. The van der Waals surface area contributed by atoms with E-state index in [4.69, 9.17) is 0 Å². The minimum Gasteiger partial charge on any atom is -0.379 e. The van der Waals surface area contributed by atoms with Crippen molar-refractivity contribution in [2.75, 3.05) is 6.61 Å². The van der Waals surface area contributed by atoms with E-state index < -0.39 is 7.47 Å². The smallest absolute Gasteiger partial charge is 0.379 e. The summed E-state index contributed by atoms with van der Waals surface area (Å²) in [4.78, 5) is 0. The summed E-state index contributed by atoms with van der Waals surface area (Å²) in [6.45, 7) is 2.10. The zero-order valence-electron chi connectivity index (χ0n) is 4.86. The summed E-state index contributed by atoms with van der Waals surface area (Å²) >= 11 is 0. The maximum atomic E-state index is 11.1. The summed E-state index contributed by atoms with van der Waals surface area (Å²) in [5.74, 6) is 0. The van der Waals surface area contributed by atoms with Gasteiger partial charge in [-0.25, -0.2) is 0 Å². The number of unbranched alkanes of at least 4 members (excludes halogenated alkanes) is 1. The number of hydrogen-bond acceptors (Lipinski definition) is 1. The summed E-state index contributed by atoms with van der Waals surface area (Å²) in [5.41, 5.74) is 0. The van der Waals surface area contributed by atoms with Gasteiger partial charge in [-0.15, -0.1) is 0 Å². The van der Waals surface area contributed by atoms with E-state index >= 15 is 0 Å². The molecular formula is C4H9BF2O. The zero-order valence-corrected chi connectivity index (χ0v) is 4.86. The van der Waals surface area contributed by atoms with E-state index in [1.807, 2.05) is 6.92 Å². The second kappa shape index (κ2) is 5.03. The molecule has 0 fully saturated rings. The molecule has 1 nitrogen and oxygen atoms in total. The molecule has 0 aliphatic heterocycles. The van der Waals surface area contributed by atoms with Crippen molar-refractivity contribution in [3.63, 3.8) is 0 Å². The molecule has 0 spiro atoms. The van der Waals surface area contributed by atoms with Crippen molar-refractivity contribution in [2.24, 2.45) is 0 Å². The summed E-state index contributed by atoms with van der Waals surface area (Å²) < 4.78 is 26.2. The average Bonchev–Trinajstić information content (AvgIpc) is 1.66. The summed E-state index contributed by atoms with van der Waals surface area (Å²) in [7, 11) is -2.60. The molecule has 0 aromatic carbocycles. The third kappa shape index (κ3) is 5.88. The topological polar surface area (TPSA) is 9.23 Å². The third-order valence-electron chi connectivity index (χ3n) is 0.742. The molecule has 0 saturated carbocycles. The lowest BCUT2D eigenvalue weighted by molar-refractivity contribution is 0.250. The van der Waals surface area contributed by atoms with Gasteiger partial charge in [0.05, 0.1) is 0 Å². The fourth-order valence-corrected chi connectivity index (χ4v) is 0.317. The molecule has 0 unspecified atom stereocenters. The van der Waals surface area contributed by atoms with E-state index in [0.717, 1.165) is 6.42 Å². The van der Waals surface area contributed by atoms with Crippen LogP contribution in [-0.4, -0.2) is 14.1 Å². The van der Waals surface area contributed by atoms with Crippen LogP contribution in [0.5, 0.6) is 0 Å². The van der Waals surface area contributed by atoms with Crippen molar-refractivity contribution in [3.8, 4) is 0 Å². The van der Waals surface area contributed by atoms with E-state index in [-0.39, 0.29) is 6.61 Å². The highest BCUT2D eigenvalue weighted by molar-refractivity contribution is 6.34. The summed E-state index contributed by atoms with van der Waals surface area (Å²) in [5, 5.41) is 0. The van der Waals surface area contributed by atoms with Gasteiger partial charge in [0.25, 0.3) is 0 Å². The predicted octanol–water partition coefficient (Wildman–Crippen LogP) is 1.73. The molecule has 8 heavy (non-hydrogen) atoms. The van der Waals surface area contributed by atoms with Crippen molar-refractivity contribution >= 4 is 7.47 Å². The van der Waals surface area contributed by atoms with Crippen LogP contribution in [-0.2, 0) is 4.65 Å². The largest absolute Gasteiger partial charge is 0.721 e. The van der Waals surface area contributed by atoms with E-state index in [1.165, 1.54) is 0 Å². The molecule has 0 N–H and O–H groups in total. The van der Waals surface area contributed by atoms with Gasteiger partial charge in [-0.05, 0) is 6.42 Å². The normalized spacial score (nSPS) is 9.38. The molecule has 0 heterocycles. The van der Waals surface area contributed by atoms with Gasteiger partial charge < -0.3 is 4.65 Å². The van der Waals surface area contributed by atoms with E-state index in [0.29, 0.717) is 6.42 Å². The molecule has 0 saturated heterocycles. The number of halogens is 2. The van der Waals surface area contributed by atoms with Gasteiger partial charge in [0, 0.05) is 6.61 Å². The van der Waals surface area contributed by atoms with Crippen LogP contribution < -0.4 is 0 Å². The zero-order chi connectivity index (χ0) is 6.41. The van der Waals surface area contributed by atoms with Crippen LogP contribution in [0.4, 0.5) is 8.63 Å². The monoisotopic (exact) mass is 122 g/mol. The fraction of sp³-hybridized carbons (Fsp3) is 1.00. The molecule has 48 valence electrons. The minimum atomic E-state index is -2.60. The predicted molar refractivity (Wildman–Crippen MR) is 28.8 cm³/mol. The number of rotatable bonds is 4. The fourth-order valence-electron chi connectivity index (χ4n) is 0.317. The van der Waals surface area contributed by atoms with Crippen molar-refractivity contribution in [2.45, 2.75) is 19.8 Å². The van der Waals surface area contributed by atoms with Crippen molar-refractivity contribution in [1.82, 2.24) is 0 Å². The lowest BCUT2D eigenvalue weighted by Crippen LogP contribution is -2.05. The van der Waals surface area contributed by atoms with Crippen molar-refractivity contribution in [3.05, 3.63) is 0 Å². The van der Waals surface area contributed by atoms with Crippen molar-refractivity contribution in [1.29, 1.82) is 0 Å². The van der Waals surface area contributed by atoms with E-state index in [1.54, 1.807) is 0 Å². The Balaban J connectivity index is 2.72. The minimum absolute atomic E-state index is 0.175. The molecule has 4 heteroatoms. The quantitative estimate of drug-likeness (QED) is 0.407. The Hall–Kier alpha value is -0.115. The molecular weight excluding hydrogens is 113 g/mol. The van der Waals surface area contributed by atoms with Gasteiger partial charge >= 0.3 is 7.47 Å². The molecule has 0 aromatic rings. The maximum Gasteiger partial charge on any atom is 0.721 e. The lowest BCUT2D eigenvalue weighted by Gasteiger charge is -1.94. The molecule has 0 bridgehead atoms. The van der Waals surface area contributed by atoms with Gasteiger partial charge in [0.1, 0.15) is 0 Å². The van der Waals surface area contributed by atoms with Gasteiger partial charge in [-0.2, -0.15) is 0 Å². The Bertz CT molecular complexity index is 51.3. The second-order valence-corrected chi connectivity index (χ2v) is 1.48. The van der Waals surface area contributed by atoms with Crippen LogP contribution in [0.25, 0.3) is 0 Å². The molecule has 0 amide bonds. The Morgan fingerprint density at radius 2 is 2.12 bits per heavy atom. The SMILES string of the molecule is CCCCOB(F)F. The van der Waals surface area contributed by atoms with E-state index in [9.17, 15) is 8.63 Å². The third-order valence-corrected chi connectivity index (χ3v) is 0.742. The molecule has 0 aliphatic carbocycles. The van der Waals surface area contributed by atoms with Crippen LogP contribution in [0.2, 0.25) is 0 Å². The Morgan fingerprint density at radius 1 is 1.50 bits per heavy atom. The molecule has 0 aromatic heterocycles. The van der Waals surface area contributed by atoms with Crippen molar-refractivity contribution < 1.29 is 13.3 Å².